The molecule has 2 aromatic carbocycles. The zero-order valence-corrected chi connectivity index (χ0v) is 14.4. The largest absolute Gasteiger partial charge is 0.493 e. The second-order valence-corrected chi connectivity index (χ2v) is 5.35. The lowest BCUT2D eigenvalue weighted by Crippen LogP contribution is -2.30. The highest BCUT2D eigenvalue weighted by Gasteiger charge is 2.18. The van der Waals surface area contributed by atoms with E-state index in [4.69, 9.17) is 14.2 Å². The maximum atomic E-state index is 12.1. The average Bonchev–Trinajstić information content (AvgIpc) is 2.62. The number of nitrogens with one attached hydrogen (secondary N) is 1. The number of anilines is 1. The summed E-state index contributed by atoms with van der Waals surface area (Å²) in [6.07, 6.45) is -0.864. The van der Waals surface area contributed by atoms with Crippen LogP contribution in [0.15, 0.2) is 48.5 Å². The highest BCUT2D eigenvalue weighted by molar-refractivity contribution is 5.95. The molecule has 25 heavy (non-hydrogen) atoms. The van der Waals surface area contributed by atoms with Crippen LogP contribution in [0.2, 0.25) is 0 Å². The molecule has 0 aromatic heterocycles. The summed E-state index contributed by atoms with van der Waals surface area (Å²) in [5, 5.41) is 2.69. The van der Waals surface area contributed by atoms with Crippen molar-refractivity contribution < 1.29 is 23.8 Å². The van der Waals surface area contributed by atoms with Crippen LogP contribution in [0.3, 0.4) is 0 Å². The number of amides is 1. The molecular formula is C19H21NO5. The first kappa shape index (κ1) is 18.3. The zero-order chi connectivity index (χ0) is 18.2. The Morgan fingerprint density at radius 2 is 1.68 bits per heavy atom. The maximum Gasteiger partial charge on any atom is 0.311 e. The molecule has 0 bridgehead atoms. The number of carbonyl (C=O) groups excluding carboxylic acids is 2. The van der Waals surface area contributed by atoms with Crippen LogP contribution in [-0.4, -0.2) is 32.2 Å². The van der Waals surface area contributed by atoms with Gasteiger partial charge in [0.2, 0.25) is 0 Å². The number of benzene rings is 2. The van der Waals surface area contributed by atoms with Crippen LogP contribution < -0.4 is 14.8 Å². The van der Waals surface area contributed by atoms with Gasteiger partial charge in [-0.2, -0.15) is 0 Å². The first-order chi connectivity index (χ1) is 12.0. The van der Waals surface area contributed by atoms with E-state index in [0.717, 1.165) is 0 Å². The second kappa shape index (κ2) is 8.73. The van der Waals surface area contributed by atoms with Crippen LogP contribution in [0, 0.1) is 0 Å². The Bertz CT molecular complexity index is 730. The number of hydrogen-bond donors (Lipinski definition) is 1. The van der Waals surface area contributed by atoms with Crippen molar-refractivity contribution in [2.45, 2.75) is 19.4 Å². The van der Waals surface area contributed by atoms with Crippen molar-refractivity contribution in [3.05, 3.63) is 54.1 Å². The lowest BCUT2D eigenvalue weighted by Gasteiger charge is -2.14. The molecule has 0 unspecified atom stereocenters. The van der Waals surface area contributed by atoms with Crippen molar-refractivity contribution in [1.29, 1.82) is 0 Å². The van der Waals surface area contributed by atoms with Crippen LogP contribution in [0.4, 0.5) is 5.69 Å². The maximum absolute atomic E-state index is 12.1. The molecule has 1 N–H and O–H groups in total. The van der Waals surface area contributed by atoms with E-state index in [9.17, 15) is 9.59 Å². The standard InChI is InChI=1S/C19H21NO5/c1-13(19(22)20-15-7-5-4-6-8-15)25-18(21)12-14-9-10-16(23-2)17(11-14)24-3/h4-11,13H,12H2,1-3H3,(H,20,22)/t13-/m0/s1. The monoisotopic (exact) mass is 343 g/mol. The summed E-state index contributed by atoms with van der Waals surface area (Å²) in [4.78, 5) is 24.1. The molecule has 2 rings (SSSR count). The molecule has 0 radical (unpaired) electrons. The molecule has 0 aliphatic rings. The van der Waals surface area contributed by atoms with Gasteiger partial charge in [0.15, 0.2) is 17.6 Å². The van der Waals surface area contributed by atoms with Crippen LogP contribution in [0.1, 0.15) is 12.5 Å². The Morgan fingerprint density at radius 3 is 2.32 bits per heavy atom. The molecule has 0 heterocycles. The van der Waals surface area contributed by atoms with E-state index < -0.39 is 12.1 Å². The van der Waals surface area contributed by atoms with Crippen molar-refractivity contribution in [2.24, 2.45) is 0 Å². The van der Waals surface area contributed by atoms with E-state index in [-0.39, 0.29) is 12.3 Å². The molecule has 0 spiro atoms. The average molecular weight is 343 g/mol. The molecule has 6 nitrogen and oxygen atoms in total. The minimum atomic E-state index is -0.896. The van der Waals surface area contributed by atoms with Gasteiger partial charge in [0.05, 0.1) is 20.6 Å². The highest BCUT2D eigenvalue weighted by atomic mass is 16.5. The van der Waals surface area contributed by atoms with Crippen LogP contribution >= 0.6 is 0 Å². The van der Waals surface area contributed by atoms with Gasteiger partial charge in [-0.15, -0.1) is 0 Å². The predicted molar refractivity (Wildman–Crippen MR) is 93.9 cm³/mol. The molecule has 0 saturated carbocycles. The van der Waals surface area contributed by atoms with E-state index in [0.29, 0.717) is 22.7 Å². The van der Waals surface area contributed by atoms with Crippen molar-refractivity contribution in [2.75, 3.05) is 19.5 Å². The van der Waals surface area contributed by atoms with Gasteiger partial charge in [0, 0.05) is 5.69 Å². The minimum Gasteiger partial charge on any atom is -0.493 e. The Balaban J connectivity index is 1.92. The van der Waals surface area contributed by atoms with Gasteiger partial charge in [-0.25, -0.2) is 0 Å². The molecule has 0 saturated heterocycles. The molecule has 6 heteroatoms. The van der Waals surface area contributed by atoms with E-state index in [2.05, 4.69) is 5.32 Å². The summed E-state index contributed by atoms with van der Waals surface area (Å²) < 4.78 is 15.6. The Hall–Kier alpha value is -3.02. The third-order valence-corrected chi connectivity index (χ3v) is 3.52. The van der Waals surface area contributed by atoms with Gasteiger partial charge in [-0.1, -0.05) is 24.3 Å². The predicted octanol–water partition coefficient (Wildman–Crippen LogP) is 2.82. The Kier molecular flexibility index (Phi) is 6.39. The third-order valence-electron chi connectivity index (χ3n) is 3.52. The topological polar surface area (TPSA) is 73.9 Å². The molecule has 132 valence electrons. The summed E-state index contributed by atoms with van der Waals surface area (Å²) in [7, 11) is 3.06. The van der Waals surface area contributed by atoms with Crippen molar-refractivity contribution in [1.82, 2.24) is 0 Å². The normalized spacial score (nSPS) is 11.3. The van der Waals surface area contributed by atoms with Gasteiger partial charge in [0.1, 0.15) is 0 Å². The molecular weight excluding hydrogens is 322 g/mol. The molecule has 1 atom stereocenters. The summed E-state index contributed by atoms with van der Waals surface area (Å²) in [6, 6.07) is 14.2. The van der Waals surface area contributed by atoms with E-state index >= 15 is 0 Å². The second-order valence-electron chi connectivity index (χ2n) is 5.35. The van der Waals surface area contributed by atoms with Gasteiger partial charge in [-0.3, -0.25) is 9.59 Å². The lowest BCUT2D eigenvalue weighted by atomic mass is 10.1. The Morgan fingerprint density at radius 1 is 1.00 bits per heavy atom. The highest BCUT2D eigenvalue weighted by Crippen LogP contribution is 2.27. The van der Waals surface area contributed by atoms with Gasteiger partial charge in [0.25, 0.3) is 5.91 Å². The fourth-order valence-electron chi connectivity index (χ4n) is 2.21. The molecule has 1 amide bonds. The first-order valence-electron chi connectivity index (χ1n) is 7.79. The fourth-order valence-corrected chi connectivity index (χ4v) is 2.21. The van der Waals surface area contributed by atoms with E-state index in [1.54, 1.807) is 37.4 Å². The molecule has 2 aromatic rings. The van der Waals surface area contributed by atoms with Gasteiger partial charge >= 0.3 is 5.97 Å². The van der Waals surface area contributed by atoms with Crippen LogP contribution in [0.25, 0.3) is 0 Å². The molecule has 0 aliphatic heterocycles. The van der Waals surface area contributed by atoms with Gasteiger partial charge < -0.3 is 19.5 Å². The lowest BCUT2D eigenvalue weighted by molar-refractivity contribution is -0.152. The van der Waals surface area contributed by atoms with E-state index in [1.807, 2.05) is 18.2 Å². The fraction of sp³-hybridized carbons (Fsp3) is 0.263. The number of carbonyl (C=O) groups is 2. The number of hydrogen-bond acceptors (Lipinski definition) is 5. The third kappa shape index (κ3) is 5.24. The van der Waals surface area contributed by atoms with Gasteiger partial charge in [-0.05, 0) is 36.8 Å². The number of rotatable bonds is 7. The Labute approximate surface area is 146 Å². The zero-order valence-electron chi connectivity index (χ0n) is 14.4. The number of methoxy groups -OCH3 is 2. The van der Waals surface area contributed by atoms with Crippen LogP contribution in [0.5, 0.6) is 11.5 Å². The summed E-state index contributed by atoms with van der Waals surface area (Å²) in [6.45, 7) is 1.53. The number of esters is 1. The summed E-state index contributed by atoms with van der Waals surface area (Å²) in [5.41, 5.74) is 1.36. The smallest absolute Gasteiger partial charge is 0.311 e. The minimum absolute atomic E-state index is 0.0311. The summed E-state index contributed by atoms with van der Waals surface area (Å²) in [5.74, 6) is 0.229. The SMILES string of the molecule is COc1ccc(CC(=O)O[C@@H](C)C(=O)Nc2ccccc2)cc1OC. The van der Waals surface area contributed by atoms with Crippen molar-refractivity contribution in [3.8, 4) is 11.5 Å². The quantitative estimate of drug-likeness (QED) is 0.783. The number of ether oxygens (including phenoxy) is 3. The van der Waals surface area contributed by atoms with E-state index in [1.165, 1.54) is 14.0 Å². The molecule has 0 aliphatic carbocycles. The van der Waals surface area contributed by atoms with Crippen LogP contribution in [-0.2, 0) is 20.7 Å². The first-order valence-corrected chi connectivity index (χ1v) is 7.79. The van der Waals surface area contributed by atoms with Crippen molar-refractivity contribution in [3.63, 3.8) is 0 Å². The summed E-state index contributed by atoms with van der Waals surface area (Å²) >= 11 is 0. The van der Waals surface area contributed by atoms with Crippen molar-refractivity contribution >= 4 is 17.6 Å². The number of para-hydroxylation sites is 1. The molecule has 0 fully saturated rings.